The summed E-state index contributed by atoms with van der Waals surface area (Å²) in [4.78, 5) is 11.5. The third-order valence-electron chi connectivity index (χ3n) is 4.22. The molecule has 0 aliphatic rings. The Balaban J connectivity index is 2.94. The van der Waals surface area contributed by atoms with Gasteiger partial charge < -0.3 is 9.84 Å². The Bertz CT molecular complexity index is 498. The Labute approximate surface area is 128 Å². The van der Waals surface area contributed by atoms with Gasteiger partial charge in [-0.15, -0.1) is 0 Å². The van der Waals surface area contributed by atoms with Gasteiger partial charge >= 0.3 is 5.97 Å². The summed E-state index contributed by atoms with van der Waals surface area (Å²) in [5, 5.41) is 9.90. The van der Waals surface area contributed by atoms with Crippen LogP contribution in [0, 0.1) is 18.3 Å². The lowest BCUT2D eigenvalue weighted by molar-refractivity contribution is -0.134. The van der Waals surface area contributed by atoms with Crippen molar-refractivity contribution < 1.29 is 14.6 Å². The van der Waals surface area contributed by atoms with Crippen LogP contribution in [-0.4, -0.2) is 11.1 Å². The second kappa shape index (κ2) is 6.97. The summed E-state index contributed by atoms with van der Waals surface area (Å²) in [6.07, 6.45) is 2.12. The zero-order chi connectivity index (χ0) is 16.2. The van der Waals surface area contributed by atoms with Gasteiger partial charge in [-0.25, -0.2) is 0 Å². The number of aromatic hydroxyl groups is 1. The number of hydrogen-bond acceptors (Lipinski definition) is 3. The SMILES string of the molecule is CCC(=O)Oc1cc(C)c(O)cc1CCC(C)C(C)(C)C. The number of rotatable bonds is 5. The number of ether oxygens (including phenoxy) is 1. The van der Waals surface area contributed by atoms with Crippen LogP contribution in [0.3, 0.4) is 0 Å². The number of carbonyl (C=O) groups is 1. The maximum absolute atomic E-state index is 11.5. The Morgan fingerprint density at radius 1 is 1.33 bits per heavy atom. The van der Waals surface area contributed by atoms with Crippen LogP contribution in [-0.2, 0) is 11.2 Å². The summed E-state index contributed by atoms with van der Waals surface area (Å²) < 4.78 is 5.40. The molecule has 0 saturated carbocycles. The standard InChI is InChI=1S/C18H28O3/c1-7-17(20)21-16-10-12(2)15(19)11-14(16)9-8-13(3)18(4,5)6/h10-11,13,19H,7-9H2,1-6H3. The number of esters is 1. The van der Waals surface area contributed by atoms with Crippen LogP contribution in [0.5, 0.6) is 11.5 Å². The van der Waals surface area contributed by atoms with E-state index in [9.17, 15) is 9.90 Å². The van der Waals surface area contributed by atoms with Gasteiger partial charge in [0.05, 0.1) is 0 Å². The third kappa shape index (κ3) is 5.07. The van der Waals surface area contributed by atoms with E-state index in [4.69, 9.17) is 4.74 Å². The van der Waals surface area contributed by atoms with E-state index in [-0.39, 0.29) is 17.1 Å². The van der Waals surface area contributed by atoms with Crippen molar-refractivity contribution in [3.63, 3.8) is 0 Å². The molecular weight excluding hydrogens is 264 g/mol. The van der Waals surface area contributed by atoms with Crippen molar-refractivity contribution in [2.75, 3.05) is 0 Å². The van der Waals surface area contributed by atoms with E-state index in [0.29, 0.717) is 18.1 Å². The Kier molecular flexibility index (Phi) is 5.82. The number of aryl methyl sites for hydroxylation is 2. The molecule has 0 aliphatic heterocycles. The highest BCUT2D eigenvalue weighted by molar-refractivity contribution is 5.72. The molecule has 0 heterocycles. The predicted molar refractivity (Wildman–Crippen MR) is 85.7 cm³/mol. The number of carbonyl (C=O) groups excluding carboxylic acids is 1. The summed E-state index contributed by atoms with van der Waals surface area (Å²) in [5.41, 5.74) is 1.87. The minimum Gasteiger partial charge on any atom is -0.508 e. The van der Waals surface area contributed by atoms with Crippen LogP contribution in [0.1, 0.15) is 58.6 Å². The topological polar surface area (TPSA) is 46.5 Å². The highest BCUT2D eigenvalue weighted by atomic mass is 16.5. The molecule has 0 spiro atoms. The lowest BCUT2D eigenvalue weighted by Crippen LogP contribution is -2.18. The fourth-order valence-corrected chi connectivity index (χ4v) is 2.00. The minimum absolute atomic E-state index is 0.243. The maximum atomic E-state index is 11.5. The third-order valence-corrected chi connectivity index (χ3v) is 4.22. The van der Waals surface area contributed by atoms with Crippen LogP contribution < -0.4 is 4.74 Å². The molecule has 0 fully saturated rings. The average Bonchev–Trinajstić information content (AvgIpc) is 2.39. The molecule has 1 aromatic carbocycles. The second-order valence-corrected chi connectivity index (χ2v) is 6.88. The van der Waals surface area contributed by atoms with E-state index in [1.54, 1.807) is 26.0 Å². The largest absolute Gasteiger partial charge is 0.508 e. The highest BCUT2D eigenvalue weighted by Crippen LogP contribution is 2.33. The van der Waals surface area contributed by atoms with Gasteiger partial charge in [0.15, 0.2) is 0 Å². The quantitative estimate of drug-likeness (QED) is 0.635. The van der Waals surface area contributed by atoms with Crippen molar-refractivity contribution in [3.05, 3.63) is 23.3 Å². The van der Waals surface area contributed by atoms with Crippen molar-refractivity contribution in [3.8, 4) is 11.5 Å². The lowest BCUT2D eigenvalue weighted by Gasteiger charge is -2.27. The molecule has 1 atom stereocenters. The van der Waals surface area contributed by atoms with E-state index >= 15 is 0 Å². The van der Waals surface area contributed by atoms with Crippen LogP contribution in [0.25, 0.3) is 0 Å². The minimum atomic E-state index is -0.245. The zero-order valence-electron chi connectivity index (χ0n) is 14.1. The van der Waals surface area contributed by atoms with Crippen molar-refractivity contribution in [1.29, 1.82) is 0 Å². The van der Waals surface area contributed by atoms with E-state index in [1.165, 1.54) is 0 Å². The van der Waals surface area contributed by atoms with Gasteiger partial charge in [0.25, 0.3) is 0 Å². The zero-order valence-corrected chi connectivity index (χ0v) is 14.1. The molecule has 118 valence electrons. The molecule has 1 unspecified atom stereocenters. The van der Waals surface area contributed by atoms with Crippen molar-refractivity contribution in [1.82, 2.24) is 0 Å². The summed E-state index contributed by atoms with van der Waals surface area (Å²) in [7, 11) is 0. The fourth-order valence-electron chi connectivity index (χ4n) is 2.00. The van der Waals surface area contributed by atoms with Crippen LogP contribution in [0.15, 0.2) is 12.1 Å². The molecule has 3 heteroatoms. The summed E-state index contributed by atoms with van der Waals surface area (Å²) in [5.74, 6) is 1.13. The normalized spacial score (nSPS) is 13.0. The summed E-state index contributed by atoms with van der Waals surface area (Å²) >= 11 is 0. The molecule has 3 nitrogen and oxygen atoms in total. The first kappa shape index (κ1) is 17.5. The summed E-state index contributed by atoms with van der Waals surface area (Å²) in [6.45, 7) is 12.5. The Morgan fingerprint density at radius 2 is 1.95 bits per heavy atom. The van der Waals surface area contributed by atoms with Gasteiger partial charge in [-0.3, -0.25) is 4.79 Å². The molecule has 1 N–H and O–H groups in total. The Morgan fingerprint density at radius 3 is 2.48 bits per heavy atom. The van der Waals surface area contributed by atoms with E-state index in [2.05, 4.69) is 27.7 Å². The smallest absolute Gasteiger partial charge is 0.310 e. The first-order valence-electron chi connectivity index (χ1n) is 7.68. The van der Waals surface area contributed by atoms with Crippen molar-refractivity contribution >= 4 is 5.97 Å². The molecule has 1 rings (SSSR count). The van der Waals surface area contributed by atoms with E-state index < -0.39 is 0 Å². The monoisotopic (exact) mass is 292 g/mol. The highest BCUT2D eigenvalue weighted by Gasteiger charge is 2.20. The fraction of sp³-hybridized carbons (Fsp3) is 0.611. The van der Waals surface area contributed by atoms with Crippen LogP contribution in [0.2, 0.25) is 0 Å². The number of benzene rings is 1. The average molecular weight is 292 g/mol. The molecule has 0 saturated heterocycles. The first-order chi connectivity index (χ1) is 9.65. The first-order valence-corrected chi connectivity index (χ1v) is 7.68. The molecule has 0 aromatic heterocycles. The van der Waals surface area contributed by atoms with Crippen LogP contribution in [0.4, 0.5) is 0 Å². The Hall–Kier alpha value is -1.51. The number of phenols is 1. The van der Waals surface area contributed by atoms with Gasteiger partial charge in [-0.05, 0) is 54.4 Å². The van der Waals surface area contributed by atoms with Crippen molar-refractivity contribution in [2.24, 2.45) is 11.3 Å². The lowest BCUT2D eigenvalue weighted by atomic mass is 9.79. The predicted octanol–water partition coefficient (Wildman–Crippen LogP) is 4.63. The second-order valence-electron chi connectivity index (χ2n) is 6.88. The molecule has 0 aliphatic carbocycles. The number of phenolic OH excluding ortho intramolecular Hbond substituents is 1. The molecule has 0 amide bonds. The van der Waals surface area contributed by atoms with Gasteiger partial charge in [-0.1, -0.05) is 34.6 Å². The molecule has 21 heavy (non-hydrogen) atoms. The molecule has 0 bridgehead atoms. The van der Waals surface area contributed by atoms with E-state index in [1.807, 2.05) is 0 Å². The summed E-state index contributed by atoms with van der Waals surface area (Å²) in [6, 6.07) is 3.48. The van der Waals surface area contributed by atoms with Crippen LogP contribution >= 0.6 is 0 Å². The van der Waals surface area contributed by atoms with Gasteiger partial charge in [0, 0.05) is 6.42 Å². The van der Waals surface area contributed by atoms with Gasteiger partial charge in [0.2, 0.25) is 0 Å². The molecule has 0 radical (unpaired) electrons. The molecule has 1 aromatic rings. The van der Waals surface area contributed by atoms with Gasteiger partial charge in [0.1, 0.15) is 11.5 Å². The number of hydrogen-bond donors (Lipinski definition) is 1. The van der Waals surface area contributed by atoms with E-state index in [0.717, 1.165) is 24.0 Å². The molecular formula is C18H28O3. The van der Waals surface area contributed by atoms with Gasteiger partial charge in [-0.2, -0.15) is 0 Å². The maximum Gasteiger partial charge on any atom is 0.310 e. The van der Waals surface area contributed by atoms with Crippen molar-refractivity contribution in [2.45, 2.75) is 60.8 Å².